The van der Waals surface area contributed by atoms with Crippen molar-refractivity contribution in [2.45, 2.75) is 147 Å². The van der Waals surface area contributed by atoms with Gasteiger partial charge in [-0.2, -0.15) is 0 Å². The Morgan fingerprint density at radius 1 is 0.512 bits per heavy atom. The molecule has 0 saturated carbocycles. The van der Waals surface area contributed by atoms with Gasteiger partial charge in [-0.05, 0) is 38.5 Å². The summed E-state index contributed by atoms with van der Waals surface area (Å²) in [5.74, 6) is -3.39. The molecule has 0 aromatic rings. The van der Waals surface area contributed by atoms with Crippen molar-refractivity contribution >= 4 is 52.6 Å². The van der Waals surface area contributed by atoms with Gasteiger partial charge in [0.15, 0.2) is 0 Å². The van der Waals surface area contributed by atoms with E-state index in [2.05, 4.69) is 14.2 Å². The van der Waals surface area contributed by atoms with Gasteiger partial charge in [0.25, 0.3) is 0 Å². The number of carboxylic acid groups (broad SMARTS) is 3. The third-order valence-corrected chi connectivity index (χ3v) is 7.76. The summed E-state index contributed by atoms with van der Waals surface area (Å²) < 4.78 is 2.68. The van der Waals surface area contributed by atoms with E-state index in [1.165, 1.54) is 44.9 Å². The molecule has 0 radical (unpaired) electrons. The van der Waals surface area contributed by atoms with E-state index in [1.54, 1.807) is 22.9 Å². The van der Waals surface area contributed by atoms with E-state index >= 15 is 0 Å². The molecule has 0 fully saturated rings. The fourth-order valence-electron chi connectivity index (χ4n) is 4.50. The molecular weight excluding hydrogens is 645 g/mol. The van der Waals surface area contributed by atoms with E-state index in [4.69, 9.17) is 10.2 Å². The number of aliphatic carboxylic acids is 3. The number of amides is 2. The zero-order chi connectivity index (χ0) is 30.7. The lowest BCUT2D eigenvalue weighted by Crippen LogP contribution is -2.41. The van der Waals surface area contributed by atoms with Crippen LogP contribution in [0.4, 0.5) is 0 Å². The number of hydrogen-bond donors (Lipinski definition) is 6. The molecule has 6 N–H and O–H groups in total. The molecule has 0 spiro atoms. The topological polar surface area (TPSA) is 182 Å². The van der Waals surface area contributed by atoms with Gasteiger partial charge in [-0.1, -0.05) is 77.0 Å². The van der Waals surface area contributed by atoms with Crippen molar-refractivity contribution in [1.82, 2.24) is 14.2 Å². The second-order valence-corrected chi connectivity index (χ2v) is 11.3. The maximum atomic E-state index is 12.2. The van der Waals surface area contributed by atoms with Crippen molar-refractivity contribution < 1.29 is 39.3 Å². The number of hydrogen-bond acceptors (Lipinski definition) is 6. The third-order valence-electron chi connectivity index (χ3n) is 7.01. The van der Waals surface area contributed by atoms with Crippen molar-refractivity contribution in [1.29, 1.82) is 0 Å². The predicted octanol–water partition coefficient (Wildman–Crippen LogP) is 5.34. The van der Waals surface area contributed by atoms with Crippen LogP contribution < -0.4 is 14.2 Å². The number of carbonyl (C=O) groups excluding carboxylic acids is 2. The highest BCUT2D eigenvalue weighted by Crippen LogP contribution is 2.14. The normalized spacial score (nSPS) is 12.4. The quantitative estimate of drug-likeness (QED) is 0.0341. The van der Waals surface area contributed by atoms with Crippen LogP contribution in [0.2, 0.25) is 0 Å². The molecule has 0 aliphatic heterocycles. The van der Waals surface area contributed by atoms with Crippen molar-refractivity contribution in [3.05, 3.63) is 0 Å². The molecule has 0 aliphatic carbocycles. The van der Waals surface area contributed by atoms with E-state index in [9.17, 15) is 29.1 Å². The standard InChI is InChI=1S/C29H52IN3O8/c30-33-24(29(40)41)17-15-16-22-31-25(34)21-20-23(28(38)39)32-26(35)18-13-11-9-7-5-3-1-2-4-6-8-10-12-14-19-27(36)37/h23-24,33H,1-22H2,(H,31,34)(H,32,35)(H,36,37)(H,38,39)(H,40,41)/t23-,24-/m0/s1. The molecular formula is C29H52IN3O8. The van der Waals surface area contributed by atoms with Crippen molar-refractivity contribution in [3.63, 3.8) is 0 Å². The van der Waals surface area contributed by atoms with Gasteiger partial charge in [0.05, 0.1) is 0 Å². The lowest BCUT2D eigenvalue weighted by Gasteiger charge is -2.14. The Balaban J connectivity index is 3.73. The molecule has 2 amide bonds. The Morgan fingerprint density at radius 2 is 0.976 bits per heavy atom. The van der Waals surface area contributed by atoms with Crippen molar-refractivity contribution in [3.8, 4) is 0 Å². The van der Waals surface area contributed by atoms with Crippen molar-refractivity contribution in [2.24, 2.45) is 0 Å². The van der Waals surface area contributed by atoms with Crippen LogP contribution >= 0.6 is 22.9 Å². The summed E-state index contributed by atoms with van der Waals surface area (Å²) in [6.07, 6.45) is 17.5. The maximum absolute atomic E-state index is 12.2. The number of rotatable bonds is 29. The molecule has 0 saturated heterocycles. The van der Waals surface area contributed by atoms with E-state index in [0.717, 1.165) is 38.5 Å². The zero-order valence-electron chi connectivity index (χ0n) is 24.5. The van der Waals surface area contributed by atoms with Crippen LogP contribution in [0.1, 0.15) is 135 Å². The molecule has 0 aromatic heterocycles. The van der Waals surface area contributed by atoms with Crippen LogP contribution in [0.25, 0.3) is 0 Å². The summed E-state index contributed by atoms with van der Waals surface area (Å²) in [5.41, 5.74) is 0. The summed E-state index contributed by atoms with van der Waals surface area (Å²) in [6.45, 7) is 0.384. The predicted molar refractivity (Wildman–Crippen MR) is 166 cm³/mol. The van der Waals surface area contributed by atoms with E-state index in [0.29, 0.717) is 32.2 Å². The number of carbonyl (C=O) groups is 5. The molecule has 238 valence electrons. The van der Waals surface area contributed by atoms with Crippen LogP contribution in [0, 0.1) is 0 Å². The number of unbranched alkanes of at least 4 members (excludes halogenated alkanes) is 14. The van der Waals surface area contributed by atoms with Gasteiger partial charge in [-0.25, -0.2) is 8.32 Å². The summed E-state index contributed by atoms with van der Waals surface area (Å²) in [5, 5.41) is 32.2. The number of nitrogens with one attached hydrogen (secondary N) is 3. The number of halogens is 1. The molecule has 0 aliphatic rings. The summed E-state index contributed by atoms with van der Waals surface area (Å²) in [6, 6.07) is -1.73. The Morgan fingerprint density at radius 3 is 1.41 bits per heavy atom. The molecule has 0 heterocycles. The first-order chi connectivity index (χ1) is 19.7. The van der Waals surface area contributed by atoms with Crippen molar-refractivity contribution in [2.75, 3.05) is 6.54 Å². The minimum absolute atomic E-state index is 0.0134. The smallest absolute Gasteiger partial charge is 0.326 e. The largest absolute Gasteiger partial charge is 0.481 e. The SMILES string of the molecule is O=C(O)CCCCCCCCCCCCCCCCC(=O)N[C@@H](CCC(=O)NCCCC[C@H](NI)C(=O)O)C(=O)O. The van der Waals surface area contributed by atoms with Gasteiger partial charge in [-0.15, -0.1) is 0 Å². The molecule has 2 atom stereocenters. The highest BCUT2D eigenvalue weighted by Gasteiger charge is 2.21. The maximum Gasteiger partial charge on any atom is 0.326 e. The van der Waals surface area contributed by atoms with Gasteiger partial charge >= 0.3 is 17.9 Å². The van der Waals surface area contributed by atoms with Gasteiger partial charge in [0, 0.05) is 48.7 Å². The third kappa shape index (κ3) is 25.5. The van der Waals surface area contributed by atoms with Crippen LogP contribution in [0.3, 0.4) is 0 Å². The summed E-state index contributed by atoms with van der Waals surface area (Å²) in [4.78, 5) is 57.1. The second kappa shape index (κ2) is 26.9. The highest BCUT2D eigenvalue weighted by molar-refractivity contribution is 14.1. The van der Waals surface area contributed by atoms with Crippen LogP contribution in [-0.4, -0.2) is 63.7 Å². The Hall–Kier alpha value is -1.96. The average Bonchev–Trinajstić information content (AvgIpc) is 2.92. The minimum Gasteiger partial charge on any atom is -0.481 e. The first kappa shape index (κ1) is 39.0. The van der Waals surface area contributed by atoms with Gasteiger partial charge in [0.2, 0.25) is 11.8 Å². The van der Waals surface area contributed by atoms with E-state index in [1.807, 2.05) is 0 Å². The lowest BCUT2D eigenvalue weighted by atomic mass is 10.0. The molecule has 12 heteroatoms. The highest BCUT2D eigenvalue weighted by atomic mass is 127. The van der Waals surface area contributed by atoms with Gasteiger partial charge in [0.1, 0.15) is 12.1 Å². The zero-order valence-corrected chi connectivity index (χ0v) is 26.6. The Kier molecular flexibility index (Phi) is 25.6. The molecule has 0 aromatic carbocycles. The average molecular weight is 698 g/mol. The lowest BCUT2D eigenvalue weighted by molar-refractivity contribution is -0.142. The fraction of sp³-hybridized carbons (Fsp3) is 0.828. The first-order valence-electron chi connectivity index (χ1n) is 15.3. The molecule has 41 heavy (non-hydrogen) atoms. The minimum atomic E-state index is -1.16. The van der Waals surface area contributed by atoms with E-state index < -0.39 is 30.0 Å². The Bertz CT molecular complexity index is 754. The summed E-state index contributed by atoms with van der Waals surface area (Å²) >= 11 is 1.80. The monoisotopic (exact) mass is 697 g/mol. The fourth-order valence-corrected chi connectivity index (χ4v) is 5.07. The Labute approximate surface area is 258 Å². The number of carboxylic acids is 3. The molecule has 11 nitrogen and oxygen atoms in total. The van der Waals surface area contributed by atoms with Gasteiger partial charge < -0.3 is 26.0 Å². The second-order valence-electron chi connectivity index (χ2n) is 10.7. The van der Waals surface area contributed by atoms with E-state index in [-0.39, 0.29) is 37.5 Å². The van der Waals surface area contributed by atoms with Crippen LogP contribution in [-0.2, 0) is 24.0 Å². The first-order valence-corrected chi connectivity index (χ1v) is 16.3. The van der Waals surface area contributed by atoms with Gasteiger partial charge in [-0.3, -0.25) is 19.2 Å². The van der Waals surface area contributed by atoms with Crippen LogP contribution in [0.5, 0.6) is 0 Å². The molecule has 0 unspecified atom stereocenters. The molecule has 0 bridgehead atoms. The molecule has 0 rings (SSSR count). The van der Waals surface area contributed by atoms with Crippen LogP contribution in [0.15, 0.2) is 0 Å². The summed E-state index contributed by atoms with van der Waals surface area (Å²) in [7, 11) is 0.